The zero-order valence-electron chi connectivity index (χ0n) is 10.5. The minimum Gasteiger partial charge on any atom is -0.299 e. The monoisotopic (exact) mass is 224 g/mol. The molecule has 0 aliphatic heterocycles. The topological polar surface area (TPSA) is 34.1 Å². The maximum atomic E-state index is 11.8. The van der Waals surface area contributed by atoms with E-state index in [0.717, 1.165) is 32.1 Å². The van der Waals surface area contributed by atoms with Crippen molar-refractivity contribution in [3.63, 3.8) is 0 Å². The summed E-state index contributed by atoms with van der Waals surface area (Å²) in [5, 5.41) is 0. The van der Waals surface area contributed by atoms with Gasteiger partial charge in [-0.3, -0.25) is 9.59 Å². The number of hydrogen-bond acceptors (Lipinski definition) is 2. The predicted octanol–water partition coefficient (Wildman–Crippen LogP) is 3.68. The maximum Gasteiger partial charge on any atom is 0.143 e. The van der Waals surface area contributed by atoms with Crippen LogP contribution < -0.4 is 0 Å². The molecule has 1 saturated carbocycles. The normalized spacial score (nSPS) is 17.3. The summed E-state index contributed by atoms with van der Waals surface area (Å²) in [6.45, 7) is 2.12. The van der Waals surface area contributed by atoms with Gasteiger partial charge in [0.15, 0.2) is 0 Å². The van der Waals surface area contributed by atoms with Gasteiger partial charge in [0.25, 0.3) is 0 Å². The van der Waals surface area contributed by atoms with E-state index < -0.39 is 0 Å². The highest BCUT2D eigenvalue weighted by Crippen LogP contribution is 2.25. The van der Waals surface area contributed by atoms with Gasteiger partial charge in [0, 0.05) is 12.3 Å². The fourth-order valence-corrected chi connectivity index (χ4v) is 2.42. The van der Waals surface area contributed by atoms with E-state index >= 15 is 0 Å². The van der Waals surface area contributed by atoms with Gasteiger partial charge in [-0.05, 0) is 19.3 Å². The lowest BCUT2D eigenvalue weighted by atomic mass is 9.84. The molecule has 0 heterocycles. The lowest BCUT2D eigenvalue weighted by molar-refractivity contribution is -0.129. The summed E-state index contributed by atoms with van der Waals surface area (Å²) in [5.74, 6) is 0.564. The first-order valence-corrected chi connectivity index (χ1v) is 6.78. The van der Waals surface area contributed by atoms with E-state index in [2.05, 4.69) is 6.92 Å². The maximum absolute atomic E-state index is 11.8. The first-order chi connectivity index (χ1) is 7.74. The quantitative estimate of drug-likeness (QED) is 0.488. The Morgan fingerprint density at radius 3 is 2.38 bits per heavy atom. The molecule has 1 aliphatic rings. The van der Waals surface area contributed by atoms with Crippen molar-refractivity contribution in [1.29, 1.82) is 0 Å². The van der Waals surface area contributed by atoms with Gasteiger partial charge in [-0.15, -0.1) is 0 Å². The first kappa shape index (κ1) is 13.4. The van der Waals surface area contributed by atoms with Crippen LogP contribution in [0.3, 0.4) is 0 Å². The molecule has 0 aromatic carbocycles. The predicted molar refractivity (Wildman–Crippen MR) is 65.3 cm³/mol. The number of Topliss-reactive ketones (excluding diaryl/α,β-unsaturated/α-hetero) is 2. The molecule has 1 fully saturated rings. The van der Waals surface area contributed by atoms with Crippen LogP contribution in [0.1, 0.15) is 71.1 Å². The van der Waals surface area contributed by atoms with Crippen LogP contribution in [-0.4, -0.2) is 11.6 Å². The molecule has 0 bridgehead atoms. The Kier molecular flexibility index (Phi) is 6.36. The molecule has 0 aromatic rings. The Balaban J connectivity index is 2.19. The molecule has 92 valence electrons. The van der Waals surface area contributed by atoms with Gasteiger partial charge in [-0.2, -0.15) is 0 Å². The van der Waals surface area contributed by atoms with Crippen LogP contribution in [0.2, 0.25) is 0 Å². The SMILES string of the molecule is CCCCCC(=O)CC(=O)C1CCCCC1. The number of rotatable bonds is 7. The number of unbranched alkanes of at least 4 members (excludes halogenated alkanes) is 2. The molecule has 0 N–H and O–H groups in total. The van der Waals surface area contributed by atoms with Gasteiger partial charge in [-0.25, -0.2) is 0 Å². The fourth-order valence-electron chi connectivity index (χ4n) is 2.42. The summed E-state index contributed by atoms with van der Waals surface area (Å²) < 4.78 is 0. The molecule has 0 unspecified atom stereocenters. The zero-order valence-corrected chi connectivity index (χ0v) is 10.5. The Labute approximate surface area is 98.8 Å². The first-order valence-electron chi connectivity index (χ1n) is 6.78. The van der Waals surface area contributed by atoms with Crippen molar-refractivity contribution in [2.45, 2.75) is 71.1 Å². The van der Waals surface area contributed by atoms with Gasteiger partial charge in [0.2, 0.25) is 0 Å². The average molecular weight is 224 g/mol. The fraction of sp³-hybridized carbons (Fsp3) is 0.857. The second kappa shape index (κ2) is 7.59. The highest BCUT2D eigenvalue weighted by Gasteiger charge is 2.22. The number of ketones is 2. The summed E-state index contributed by atoms with van der Waals surface area (Å²) in [6.07, 6.45) is 9.61. The summed E-state index contributed by atoms with van der Waals surface area (Å²) in [4.78, 5) is 23.4. The molecule has 0 aromatic heterocycles. The molecule has 0 amide bonds. The molecule has 0 atom stereocenters. The van der Waals surface area contributed by atoms with Crippen molar-refractivity contribution in [2.24, 2.45) is 5.92 Å². The molecule has 1 aliphatic carbocycles. The van der Waals surface area contributed by atoms with Crippen LogP contribution in [-0.2, 0) is 9.59 Å². The van der Waals surface area contributed by atoms with Crippen LogP contribution in [0.4, 0.5) is 0 Å². The highest BCUT2D eigenvalue weighted by atomic mass is 16.1. The Morgan fingerprint density at radius 2 is 1.75 bits per heavy atom. The van der Waals surface area contributed by atoms with Gasteiger partial charge < -0.3 is 0 Å². The van der Waals surface area contributed by atoms with E-state index in [1.807, 2.05) is 0 Å². The highest BCUT2D eigenvalue weighted by molar-refractivity contribution is 6.00. The van der Waals surface area contributed by atoms with Crippen molar-refractivity contribution >= 4 is 11.6 Å². The van der Waals surface area contributed by atoms with E-state index in [4.69, 9.17) is 0 Å². The van der Waals surface area contributed by atoms with Crippen LogP contribution >= 0.6 is 0 Å². The van der Waals surface area contributed by atoms with Crippen LogP contribution in [0.15, 0.2) is 0 Å². The average Bonchev–Trinajstić information content (AvgIpc) is 2.30. The van der Waals surface area contributed by atoms with Gasteiger partial charge in [-0.1, -0.05) is 39.0 Å². The molecular formula is C14H24O2. The minimum atomic E-state index is 0.157. The van der Waals surface area contributed by atoms with Gasteiger partial charge in [0.05, 0.1) is 6.42 Å². The summed E-state index contributed by atoms with van der Waals surface area (Å²) in [5.41, 5.74) is 0. The van der Waals surface area contributed by atoms with Crippen molar-refractivity contribution in [1.82, 2.24) is 0 Å². The molecule has 1 rings (SSSR count). The van der Waals surface area contributed by atoms with Gasteiger partial charge >= 0.3 is 0 Å². The van der Waals surface area contributed by atoms with E-state index in [1.54, 1.807) is 0 Å². The second-order valence-electron chi connectivity index (χ2n) is 4.97. The van der Waals surface area contributed by atoms with Crippen LogP contribution in [0, 0.1) is 5.92 Å². The Morgan fingerprint density at radius 1 is 1.06 bits per heavy atom. The molecule has 16 heavy (non-hydrogen) atoms. The van der Waals surface area contributed by atoms with E-state index in [0.29, 0.717) is 6.42 Å². The minimum absolute atomic E-state index is 0.157. The lowest BCUT2D eigenvalue weighted by Crippen LogP contribution is -2.20. The van der Waals surface area contributed by atoms with E-state index in [1.165, 1.54) is 19.3 Å². The third-order valence-electron chi connectivity index (χ3n) is 3.49. The Bertz CT molecular complexity index is 227. The molecule has 0 spiro atoms. The van der Waals surface area contributed by atoms with Crippen molar-refractivity contribution in [2.75, 3.05) is 0 Å². The standard InChI is InChI=1S/C14H24O2/c1-2-3-5-10-13(15)11-14(16)12-8-6-4-7-9-12/h12H,2-11H2,1H3. The molecular weight excluding hydrogens is 200 g/mol. The Hall–Kier alpha value is -0.660. The van der Waals surface area contributed by atoms with E-state index in [-0.39, 0.29) is 23.9 Å². The third-order valence-corrected chi connectivity index (χ3v) is 3.49. The molecule has 2 nitrogen and oxygen atoms in total. The number of carbonyl (C=O) groups excluding carboxylic acids is 2. The second-order valence-corrected chi connectivity index (χ2v) is 4.97. The van der Waals surface area contributed by atoms with Gasteiger partial charge in [0.1, 0.15) is 11.6 Å². The van der Waals surface area contributed by atoms with Crippen molar-refractivity contribution < 1.29 is 9.59 Å². The molecule has 2 heteroatoms. The summed E-state index contributed by atoms with van der Waals surface area (Å²) >= 11 is 0. The number of carbonyl (C=O) groups is 2. The van der Waals surface area contributed by atoms with Crippen LogP contribution in [0.5, 0.6) is 0 Å². The summed E-state index contributed by atoms with van der Waals surface area (Å²) in [7, 11) is 0. The van der Waals surface area contributed by atoms with E-state index in [9.17, 15) is 9.59 Å². The smallest absolute Gasteiger partial charge is 0.143 e. The molecule has 0 saturated heterocycles. The van der Waals surface area contributed by atoms with Crippen molar-refractivity contribution in [3.05, 3.63) is 0 Å². The molecule has 0 radical (unpaired) electrons. The number of hydrogen-bond donors (Lipinski definition) is 0. The largest absolute Gasteiger partial charge is 0.299 e. The zero-order chi connectivity index (χ0) is 11.8. The lowest BCUT2D eigenvalue weighted by Gasteiger charge is -2.19. The van der Waals surface area contributed by atoms with Crippen molar-refractivity contribution in [3.8, 4) is 0 Å². The third kappa shape index (κ3) is 4.91. The van der Waals surface area contributed by atoms with Crippen LogP contribution in [0.25, 0.3) is 0 Å². The summed E-state index contributed by atoms with van der Waals surface area (Å²) in [6, 6.07) is 0.